The van der Waals surface area contributed by atoms with Crippen molar-refractivity contribution in [3.05, 3.63) is 47.5 Å². The van der Waals surface area contributed by atoms with Crippen LogP contribution in [0.15, 0.2) is 30.3 Å². The third kappa shape index (κ3) is 3.19. The lowest BCUT2D eigenvalue weighted by molar-refractivity contribution is -0.137. The normalized spacial score (nSPS) is 27.0. The van der Waals surface area contributed by atoms with Crippen LogP contribution in [0.3, 0.4) is 0 Å². The lowest BCUT2D eigenvalue weighted by Crippen LogP contribution is -2.66. The molecule has 2 fully saturated rings. The summed E-state index contributed by atoms with van der Waals surface area (Å²) >= 11 is 0. The van der Waals surface area contributed by atoms with Crippen LogP contribution in [0.4, 0.5) is 23.2 Å². The summed E-state index contributed by atoms with van der Waals surface area (Å²) in [5.74, 6) is -2.26. The largest absolute Gasteiger partial charge is 0.489 e. The first-order chi connectivity index (χ1) is 16.6. The van der Waals surface area contributed by atoms with E-state index in [0.29, 0.717) is 4.31 Å². The number of carbonyl (C=O) groups excluding carboxylic acids is 1. The first kappa shape index (κ1) is 22.6. The number of amides is 1. The Balaban J connectivity index is 1.63. The maximum Gasteiger partial charge on any atom is 0.270 e. The minimum Gasteiger partial charge on any atom is -0.489 e. The highest BCUT2D eigenvalue weighted by molar-refractivity contribution is 7.94. The number of carbonyl (C=O) groups is 1. The molecular weight excluding hydrogens is 488 g/mol. The van der Waals surface area contributed by atoms with Crippen molar-refractivity contribution >= 4 is 21.6 Å². The highest BCUT2D eigenvalue weighted by Gasteiger charge is 2.63. The van der Waals surface area contributed by atoms with E-state index in [9.17, 15) is 17.6 Å². The van der Waals surface area contributed by atoms with E-state index in [-0.39, 0.29) is 73.4 Å². The summed E-state index contributed by atoms with van der Waals surface area (Å²) in [5.41, 5.74) is -0.159. The topological polar surface area (TPSA) is 66.9 Å². The summed E-state index contributed by atoms with van der Waals surface area (Å²) in [6, 6.07) is 4.19. The first-order valence-corrected chi connectivity index (χ1v) is 13.0. The number of benzene rings is 2. The minimum absolute atomic E-state index is 0.00257. The van der Waals surface area contributed by atoms with Gasteiger partial charge in [0.2, 0.25) is 10.9 Å². The fourth-order valence-electron chi connectivity index (χ4n) is 5.53. The predicted molar refractivity (Wildman–Crippen MR) is 119 cm³/mol. The predicted octanol–water partition coefficient (Wildman–Crippen LogP) is 3.87. The van der Waals surface area contributed by atoms with Crippen LogP contribution in [0.1, 0.15) is 31.2 Å². The van der Waals surface area contributed by atoms with Gasteiger partial charge in [-0.05, 0) is 31.0 Å². The number of halogens is 4. The standard InChI is InChI=1S/C24H22F4N2O4S/c25-16-6-10-29-19-12-15-18(30(22(16)19)35(32,33)24(28)8-9-24)5-4-13(21(15)27)14-2-1-3-17(26)23(14)34-11-7-20(29)31/h1-5,16,19,22H,6-12H2/t16-,19-,22-/m0/s1. The number of rotatable bonds is 2. The van der Waals surface area contributed by atoms with Gasteiger partial charge in [0.25, 0.3) is 10.0 Å². The van der Waals surface area contributed by atoms with Crippen molar-refractivity contribution in [2.24, 2.45) is 0 Å². The smallest absolute Gasteiger partial charge is 0.270 e. The monoisotopic (exact) mass is 510 g/mol. The summed E-state index contributed by atoms with van der Waals surface area (Å²) in [5, 5.41) is -2.55. The summed E-state index contributed by atoms with van der Waals surface area (Å²) in [6.45, 7) is -0.209. The number of ether oxygens (including phenoxy) is 1. The van der Waals surface area contributed by atoms with Gasteiger partial charge < -0.3 is 9.64 Å². The Hall–Kier alpha value is -2.82. The van der Waals surface area contributed by atoms with E-state index in [1.54, 1.807) is 0 Å². The zero-order valence-corrected chi connectivity index (χ0v) is 19.3. The molecule has 1 amide bonds. The summed E-state index contributed by atoms with van der Waals surface area (Å²) in [7, 11) is -4.72. The molecule has 6 rings (SSSR count). The number of hydrogen-bond donors (Lipinski definition) is 0. The third-order valence-corrected chi connectivity index (χ3v) is 9.75. The minimum atomic E-state index is -4.72. The Morgan fingerprint density at radius 2 is 1.86 bits per heavy atom. The Labute approximate surface area is 199 Å². The molecule has 1 saturated heterocycles. The second-order valence-electron chi connectivity index (χ2n) is 9.48. The van der Waals surface area contributed by atoms with Crippen molar-refractivity contribution in [3.63, 3.8) is 0 Å². The van der Waals surface area contributed by atoms with Crippen LogP contribution in [-0.2, 0) is 21.2 Å². The Kier molecular flexibility index (Phi) is 4.91. The Bertz CT molecular complexity index is 1350. The molecule has 4 aliphatic rings. The molecule has 0 spiro atoms. The number of anilines is 1. The maximum absolute atomic E-state index is 16.1. The molecule has 2 aromatic carbocycles. The molecule has 3 atom stereocenters. The van der Waals surface area contributed by atoms with Gasteiger partial charge >= 0.3 is 0 Å². The van der Waals surface area contributed by atoms with E-state index in [0.717, 1.165) is 6.07 Å². The molecule has 3 heterocycles. The molecule has 2 aromatic rings. The number of hydrogen-bond acceptors (Lipinski definition) is 4. The van der Waals surface area contributed by atoms with Crippen molar-refractivity contribution < 1.29 is 35.5 Å². The molecule has 186 valence electrons. The molecule has 0 radical (unpaired) electrons. The summed E-state index contributed by atoms with van der Waals surface area (Å²) in [6.07, 6.45) is -2.60. The van der Waals surface area contributed by atoms with E-state index >= 15 is 13.2 Å². The lowest BCUT2D eigenvalue weighted by Gasteiger charge is -2.51. The molecule has 1 aliphatic carbocycles. The van der Waals surface area contributed by atoms with E-state index in [1.807, 2.05) is 0 Å². The van der Waals surface area contributed by atoms with E-state index in [4.69, 9.17) is 4.74 Å². The van der Waals surface area contributed by atoms with Crippen molar-refractivity contribution in [1.29, 1.82) is 0 Å². The van der Waals surface area contributed by atoms with Crippen LogP contribution in [0, 0.1) is 11.6 Å². The van der Waals surface area contributed by atoms with Gasteiger partial charge in [-0.2, -0.15) is 0 Å². The molecule has 3 bridgehead atoms. The second kappa shape index (κ2) is 7.59. The summed E-state index contributed by atoms with van der Waals surface area (Å²) in [4.78, 5) is 14.4. The van der Waals surface area contributed by atoms with Crippen LogP contribution < -0.4 is 9.04 Å². The van der Waals surface area contributed by atoms with Gasteiger partial charge in [-0.25, -0.2) is 26.0 Å². The fourth-order valence-corrected chi connectivity index (χ4v) is 7.53. The number of sulfonamides is 1. The fraction of sp³-hybridized carbons (Fsp3) is 0.458. The lowest BCUT2D eigenvalue weighted by atomic mass is 9.83. The van der Waals surface area contributed by atoms with E-state index < -0.39 is 50.8 Å². The zero-order chi connectivity index (χ0) is 24.7. The molecule has 0 N–H and O–H groups in total. The highest BCUT2D eigenvalue weighted by Crippen LogP contribution is 2.52. The summed E-state index contributed by atoms with van der Waals surface area (Å²) < 4.78 is 94.4. The number of para-hydroxylation sites is 1. The van der Waals surface area contributed by atoms with E-state index in [1.165, 1.54) is 29.2 Å². The van der Waals surface area contributed by atoms with Gasteiger partial charge in [0.15, 0.2) is 11.6 Å². The molecule has 0 unspecified atom stereocenters. The SMILES string of the molecule is O=C1CCOc2c(F)cccc2-c2ccc3c(c2F)C[C@H]2[C@H]([C@@H](F)CCN12)N3S(=O)(=O)C1(F)CC1. The van der Waals surface area contributed by atoms with Crippen LogP contribution in [-0.4, -0.2) is 55.6 Å². The third-order valence-electron chi connectivity index (χ3n) is 7.46. The first-order valence-electron chi connectivity index (χ1n) is 11.5. The molecule has 6 nitrogen and oxygen atoms in total. The molecule has 35 heavy (non-hydrogen) atoms. The molecule has 0 aromatic heterocycles. The van der Waals surface area contributed by atoms with E-state index in [2.05, 4.69) is 0 Å². The average Bonchev–Trinajstić information content (AvgIpc) is 3.58. The number of alkyl halides is 2. The zero-order valence-electron chi connectivity index (χ0n) is 18.5. The van der Waals surface area contributed by atoms with Gasteiger partial charge in [0.05, 0.1) is 30.8 Å². The number of piperidine rings is 1. The van der Waals surface area contributed by atoms with Crippen molar-refractivity contribution in [3.8, 4) is 16.9 Å². The van der Waals surface area contributed by atoms with Crippen LogP contribution in [0.2, 0.25) is 0 Å². The van der Waals surface area contributed by atoms with Crippen molar-refractivity contribution in [2.45, 2.75) is 55.4 Å². The van der Waals surface area contributed by atoms with Crippen molar-refractivity contribution in [2.75, 3.05) is 17.5 Å². The highest BCUT2D eigenvalue weighted by atomic mass is 32.2. The second-order valence-corrected chi connectivity index (χ2v) is 11.6. The van der Waals surface area contributed by atoms with Crippen LogP contribution in [0.5, 0.6) is 5.75 Å². The Morgan fingerprint density at radius 1 is 1.09 bits per heavy atom. The molecule has 1 saturated carbocycles. The van der Waals surface area contributed by atoms with Gasteiger partial charge in [-0.15, -0.1) is 0 Å². The van der Waals surface area contributed by atoms with Crippen LogP contribution >= 0.6 is 0 Å². The molecular formula is C24H22F4N2O4S. The van der Waals surface area contributed by atoms with Gasteiger partial charge in [0, 0.05) is 36.1 Å². The molecule has 3 aliphatic heterocycles. The van der Waals surface area contributed by atoms with Gasteiger partial charge in [-0.3, -0.25) is 9.10 Å². The van der Waals surface area contributed by atoms with Crippen LogP contribution in [0.25, 0.3) is 11.1 Å². The number of fused-ring (bicyclic) bond motifs is 3. The quantitative estimate of drug-likeness (QED) is 0.576. The number of nitrogens with zero attached hydrogens (tertiary/aromatic N) is 2. The average molecular weight is 511 g/mol. The molecule has 11 heteroatoms. The Morgan fingerprint density at radius 3 is 2.60 bits per heavy atom. The maximum atomic E-state index is 16.1. The van der Waals surface area contributed by atoms with Crippen molar-refractivity contribution in [1.82, 2.24) is 4.90 Å². The van der Waals surface area contributed by atoms with Gasteiger partial charge in [-0.1, -0.05) is 12.1 Å². The van der Waals surface area contributed by atoms with Gasteiger partial charge in [0.1, 0.15) is 12.0 Å².